The molecule has 0 aromatic heterocycles. The number of carbonyl (C=O) groups excluding carboxylic acids is 3. The van der Waals surface area contributed by atoms with Crippen molar-refractivity contribution < 1.29 is 28.6 Å². The van der Waals surface area contributed by atoms with Crippen LogP contribution in [-0.2, 0) is 20.9 Å². The van der Waals surface area contributed by atoms with Crippen LogP contribution in [0.4, 0.5) is 5.69 Å². The van der Waals surface area contributed by atoms with E-state index in [0.717, 1.165) is 10.5 Å². The Bertz CT molecular complexity index is 1090. The van der Waals surface area contributed by atoms with E-state index in [0.29, 0.717) is 34.4 Å². The molecule has 1 N–H and O–H groups in total. The summed E-state index contributed by atoms with van der Waals surface area (Å²) in [5, 5.41) is 3.24. The van der Waals surface area contributed by atoms with Crippen LogP contribution >= 0.6 is 12.2 Å². The predicted octanol–water partition coefficient (Wildman–Crippen LogP) is 1.84. The standard InChI is InChI=1S/C22H21N3O6S/c1-23-22(32)24(11-13-3-8-17-18(9-13)31-12-30-17)16-10-19(26)25(20(16)27)15-6-4-14(5-7-15)21(28)29-2/h3-9,16H,10-12H2,1-2H3,(H,23,32)/t16-/m0/s1. The number of ether oxygens (including phenoxy) is 3. The van der Waals surface area contributed by atoms with Gasteiger partial charge in [-0.15, -0.1) is 0 Å². The van der Waals surface area contributed by atoms with Crippen molar-refractivity contribution in [1.82, 2.24) is 10.2 Å². The van der Waals surface area contributed by atoms with Crippen molar-refractivity contribution in [3.05, 3.63) is 53.6 Å². The van der Waals surface area contributed by atoms with E-state index >= 15 is 0 Å². The van der Waals surface area contributed by atoms with Crippen molar-refractivity contribution >= 4 is 40.8 Å². The van der Waals surface area contributed by atoms with E-state index in [-0.39, 0.29) is 25.0 Å². The lowest BCUT2D eigenvalue weighted by atomic mass is 10.1. The van der Waals surface area contributed by atoms with Gasteiger partial charge in [-0.3, -0.25) is 9.59 Å². The molecule has 0 unspecified atom stereocenters. The summed E-state index contributed by atoms with van der Waals surface area (Å²) in [5.74, 6) is 0.0477. The van der Waals surface area contributed by atoms with Crippen molar-refractivity contribution in [2.75, 3.05) is 25.9 Å². The highest BCUT2D eigenvalue weighted by Crippen LogP contribution is 2.34. The van der Waals surface area contributed by atoms with Gasteiger partial charge >= 0.3 is 5.97 Å². The van der Waals surface area contributed by atoms with Crippen LogP contribution in [0.1, 0.15) is 22.3 Å². The zero-order chi connectivity index (χ0) is 22.8. The van der Waals surface area contributed by atoms with Crippen molar-refractivity contribution in [1.29, 1.82) is 0 Å². The molecule has 2 heterocycles. The number of esters is 1. The number of carbonyl (C=O) groups is 3. The maximum absolute atomic E-state index is 13.3. The van der Waals surface area contributed by atoms with Gasteiger partial charge in [-0.05, 0) is 54.2 Å². The van der Waals surface area contributed by atoms with E-state index in [4.69, 9.17) is 21.7 Å². The monoisotopic (exact) mass is 455 g/mol. The first-order valence-corrected chi connectivity index (χ1v) is 10.3. The fraction of sp³-hybridized carbons (Fsp3) is 0.273. The molecule has 2 aliphatic heterocycles. The van der Waals surface area contributed by atoms with E-state index in [1.54, 1.807) is 30.1 Å². The summed E-state index contributed by atoms with van der Waals surface area (Å²) in [7, 11) is 2.95. The number of benzene rings is 2. The lowest BCUT2D eigenvalue weighted by Crippen LogP contribution is -2.48. The maximum Gasteiger partial charge on any atom is 0.337 e. The third kappa shape index (κ3) is 3.96. The summed E-state index contributed by atoms with van der Waals surface area (Å²) in [5.41, 5.74) is 1.56. The summed E-state index contributed by atoms with van der Waals surface area (Å²) in [6.07, 6.45) is -0.0239. The molecular weight excluding hydrogens is 434 g/mol. The number of hydrogen-bond acceptors (Lipinski definition) is 7. The predicted molar refractivity (Wildman–Crippen MR) is 118 cm³/mol. The van der Waals surface area contributed by atoms with Gasteiger partial charge in [-0.1, -0.05) is 6.07 Å². The maximum atomic E-state index is 13.3. The highest BCUT2D eigenvalue weighted by atomic mass is 32.1. The summed E-state index contributed by atoms with van der Waals surface area (Å²) in [4.78, 5) is 40.5. The van der Waals surface area contributed by atoms with E-state index in [1.807, 2.05) is 12.1 Å². The van der Waals surface area contributed by atoms with Crippen LogP contribution in [0.3, 0.4) is 0 Å². The fourth-order valence-corrected chi connectivity index (χ4v) is 3.89. The van der Waals surface area contributed by atoms with Gasteiger partial charge in [0.25, 0.3) is 5.91 Å². The molecule has 1 fully saturated rings. The quantitative estimate of drug-likeness (QED) is 0.411. The Hall–Kier alpha value is -3.66. The van der Waals surface area contributed by atoms with E-state index in [9.17, 15) is 14.4 Å². The minimum atomic E-state index is -0.770. The van der Waals surface area contributed by atoms with Crippen LogP contribution in [0, 0.1) is 0 Å². The molecule has 166 valence electrons. The van der Waals surface area contributed by atoms with Crippen molar-refractivity contribution in [3.63, 3.8) is 0 Å². The number of amides is 2. The van der Waals surface area contributed by atoms with Crippen molar-refractivity contribution in [3.8, 4) is 11.5 Å². The average Bonchev–Trinajstić information content (AvgIpc) is 3.39. The number of hydrogen-bond donors (Lipinski definition) is 1. The molecule has 2 aromatic carbocycles. The Labute approximate surface area is 189 Å². The summed E-state index contributed by atoms with van der Waals surface area (Å²) in [6.45, 7) is 0.464. The number of nitrogens with zero attached hydrogens (tertiary/aromatic N) is 2. The second kappa shape index (κ2) is 8.83. The van der Waals surface area contributed by atoms with E-state index in [1.165, 1.54) is 19.2 Å². The Balaban J connectivity index is 1.57. The van der Waals surface area contributed by atoms with Crippen molar-refractivity contribution in [2.24, 2.45) is 0 Å². The van der Waals surface area contributed by atoms with Crippen LogP contribution in [-0.4, -0.2) is 54.8 Å². The first kappa shape index (κ1) is 21.6. The van der Waals surface area contributed by atoms with Crippen LogP contribution in [0.5, 0.6) is 11.5 Å². The molecule has 1 atom stereocenters. The molecule has 0 aliphatic carbocycles. The third-order valence-corrected chi connectivity index (χ3v) is 5.75. The van der Waals surface area contributed by atoms with Gasteiger partial charge in [0.05, 0.1) is 24.8 Å². The molecule has 0 saturated carbocycles. The molecule has 4 rings (SSSR count). The van der Waals surface area contributed by atoms with Gasteiger partial charge in [-0.25, -0.2) is 9.69 Å². The number of anilines is 1. The van der Waals surface area contributed by atoms with Gasteiger partial charge < -0.3 is 24.4 Å². The Morgan fingerprint density at radius 3 is 2.59 bits per heavy atom. The number of imide groups is 1. The normalized spacial score (nSPS) is 16.8. The molecule has 2 aliphatic rings. The Morgan fingerprint density at radius 1 is 1.19 bits per heavy atom. The molecule has 0 spiro atoms. The lowest BCUT2D eigenvalue weighted by Gasteiger charge is -2.29. The Morgan fingerprint density at radius 2 is 1.91 bits per heavy atom. The second-order valence-corrected chi connectivity index (χ2v) is 7.58. The molecule has 32 heavy (non-hydrogen) atoms. The molecule has 2 amide bonds. The van der Waals surface area contributed by atoms with Gasteiger partial charge in [0.2, 0.25) is 12.7 Å². The first-order chi connectivity index (χ1) is 15.4. The number of nitrogens with one attached hydrogen (secondary N) is 1. The van der Waals surface area contributed by atoms with Crippen LogP contribution in [0.15, 0.2) is 42.5 Å². The van der Waals surface area contributed by atoms with Gasteiger partial charge in [0, 0.05) is 13.6 Å². The van der Waals surface area contributed by atoms with Gasteiger partial charge in [-0.2, -0.15) is 0 Å². The zero-order valence-electron chi connectivity index (χ0n) is 17.5. The van der Waals surface area contributed by atoms with Crippen LogP contribution in [0.25, 0.3) is 0 Å². The minimum Gasteiger partial charge on any atom is -0.465 e. The fourth-order valence-electron chi connectivity index (χ4n) is 3.70. The van der Waals surface area contributed by atoms with Crippen molar-refractivity contribution in [2.45, 2.75) is 19.0 Å². The van der Waals surface area contributed by atoms with Crippen LogP contribution in [0.2, 0.25) is 0 Å². The topological polar surface area (TPSA) is 97.4 Å². The number of methoxy groups -OCH3 is 1. The highest BCUT2D eigenvalue weighted by molar-refractivity contribution is 7.80. The van der Waals surface area contributed by atoms with E-state index < -0.39 is 12.0 Å². The molecule has 2 aromatic rings. The summed E-state index contributed by atoms with van der Waals surface area (Å²) < 4.78 is 15.5. The smallest absolute Gasteiger partial charge is 0.337 e. The average molecular weight is 455 g/mol. The molecule has 10 heteroatoms. The van der Waals surface area contributed by atoms with Crippen LogP contribution < -0.4 is 19.7 Å². The molecule has 1 saturated heterocycles. The summed E-state index contributed by atoms with van der Waals surface area (Å²) in [6, 6.07) is 10.8. The third-order valence-electron chi connectivity index (χ3n) is 5.31. The molecule has 9 nitrogen and oxygen atoms in total. The zero-order valence-corrected chi connectivity index (χ0v) is 18.3. The molecule has 0 bridgehead atoms. The molecular formula is C22H21N3O6S. The number of thiocarbonyl (C=S) groups is 1. The largest absolute Gasteiger partial charge is 0.465 e. The van der Waals surface area contributed by atoms with Gasteiger partial charge in [0.1, 0.15) is 6.04 Å². The Kier molecular flexibility index (Phi) is 5.95. The number of rotatable bonds is 5. The SMILES string of the molecule is CNC(=S)N(Cc1ccc2c(c1)OCO2)[C@H]1CC(=O)N(c2ccc(C(=O)OC)cc2)C1=O. The highest BCUT2D eigenvalue weighted by Gasteiger charge is 2.43. The van der Waals surface area contributed by atoms with E-state index in [2.05, 4.69) is 10.1 Å². The second-order valence-electron chi connectivity index (χ2n) is 7.20. The lowest BCUT2D eigenvalue weighted by molar-refractivity contribution is -0.122. The minimum absolute atomic E-state index is 0.0239. The summed E-state index contributed by atoms with van der Waals surface area (Å²) >= 11 is 5.44. The first-order valence-electron chi connectivity index (χ1n) is 9.85. The molecule has 0 radical (unpaired) electrons. The van der Waals surface area contributed by atoms with Gasteiger partial charge in [0.15, 0.2) is 16.6 Å². The number of fused-ring (bicyclic) bond motifs is 1.